The van der Waals surface area contributed by atoms with Gasteiger partial charge in [-0.3, -0.25) is 9.59 Å². The van der Waals surface area contributed by atoms with E-state index in [4.69, 9.17) is 4.74 Å². The van der Waals surface area contributed by atoms with Gasteiger partial charge in [0.15, 0.2) is 0 Å². The van der Waals surface area contributed by atoms with Crippen molar-refractivity contribution in [2.24, 2.45) is 5.92 Å². The van der Waals surface area contributed by atoms with E-state index in [2.05, 4.69) is 20.8 Å². The number of likely N-dealkylation sites (N-methyl/N-ethyl adjacent to an activating group) is 1. The van der Waals surface area contributed by atoms with Crippen LogP contribution in [0.25, 0.3) is 0 Å². The van der Waals surface area contributed by atoms with E-state index in [0.717, 1.165) is 17.7 Å². The molecule has 25 heavy (non-hydrogen) atoms. The van der Waals surface area contributed by atoms with Crippen molar-refractivity contribution in [3.8, 4) is 5.75 Å². The first kappa shape index (κ1) is 19.3. The number of aryl methyl sites for hydroxylation is 1. The highest BCUT2D eigenvalue weighted by atomic mass is 16.5. The van der Waals surface area contributed by atoms with Gasteiger partial charge in [-0.1, -0.05) is 39.0 Å². The van der Waals surface area contributed by atoms with Crippen molar-refractivity contribution in [1.82, 2.24) is 9.80 Å². The number of amides is 2. The molecule has 0 bridgehead atoms. The fourth-order valence-corrected chi connectivity index (χ4v) is 3.26. The summed E-state index contributed by atoms with van der Waals surface area (Å²) in [7, 11) is 0. The molecule has 0 spiro atoms. The van der Waals surface area contributed by atoms with Crippen molar-refractivity contribution < 1.29 is 14.3 Å². The van der Waals surface area contributed by atoms with Crippen LogP contribution in [0.4, 0.5) is 0 Å². The van der Waals surface area contributed by atoms with E-state index in [1.165, 1.54) is 0 Å². The molecule has 0 N–H and O–H groups in total. The van der Waals surface area contributed by atoms with Gasteiger partial charge in [0.25, 0.3) is 0 Å². The summed E-state index contributed by atoms with van der Waals surface area (Å²) in [6, 6.07) is 7.57. The van der Waals surface area contributed by atoms with Crippen molar-refractivity contribution in [1.29, 1.82) is 0 Å². The van der Waals surface area contributed by atoms with Crippen LogP contribution >= 0.6 is 0 Å². The van der Waals surface area contributed by atoms with E-state index in [-0.39, 0.29) is 24.4 Å². The van der Waals surface area contributed by atoms with Gasteiger partial charge >= 0.3 is 0 Å². The summed E-state index contributed by atoms with van der Waals surface area (Å²) in [6.45, 7) is 9.76. The molecule has 0 unspecified atom stereocenters. The van der Waals surface area contributed by atoms with Gasteiger partial charge in [0.05, 0.1) is 13.1 Å². The lowest BCUT2D eigenvalue weighted by atomic mass is 9.99. The number of rotatable bonds is 8. The molecule has 2 rings (SSSR count). The van der Waals surface area contributed by atoms with E-state index < -0.39 is 0 Å². The van der Waals surface area contributed by atoms with Crippen LogP contribution in [0.1, 0.15) is 39.7 Å². The minimum atomic E-state index is -0.369. The molecular weight excluding hydrogens is 316 g/mol. The van der Waals surface area contributed by atoms with Crippen molar-refractivity contribution in [2.45, 2.75) is 46.6 Å². The lowest BCUT2D eigenvalue weighted by molar-refractivity contribution is -0.156. The highest BCUT2D eigenvalue weighted by Crippen LogP contribution is 2.21. The Bertz CT molecular complexity index is 600. The molecule has 0 aromatic heterocycles. The van der Waals surface area contributed by atoms with Gasteiger partial charge in [0.2, 0.25) is 11.8 Å². The number of piperazine rings is 1. The number of benzene rings is 1. The predicted octanol–water partition coefficient (Wildman–Crippen LogP) is 2.73. The second-order valence-electron chi connectivity index (χ2n) is 6.89. The van der Waals surface area contributed by atoms with Crippen LogP contribution in [-0.2, 0) is 16.0 Å². The molecule has 0 aliphatic carbocycles. The van der Waals surface area contributed by atoms with E-state index in [0.29, 0.717) is 32.0 Å². The lowest BCUT2D eigenvalue weighted by Gasteiger charge is -2.40. The molecule has 1 aliphatic heterocycles. The number of carbonyl (C=O) groups excluding carboxylic acids is 2. The molecule has 0 saturated carbocycles. The molecule has 1 aliphatic rings. The molecular formula is C20H30N2O3. The number of para-hydroxylation sites is 1. The Morgan fingerprint density at radius 1 is 1.20 bits per heavy atom. The van der Waals surface area contributed by atoms with Gasteiger partial charge < -0.3 is 14.5 Å². The third-order valence-electron chi connectivity index (χ3n) is 4.64. The highest BCUT2D eigenvalue weighted by Gasteiger charge is 2.38. The average molecular weight is 346 g/mol. The van der Waals surface area contributed by atoms with Crippen molar-refractivity contribution >= 4 is 11.8 Å². The molecule has 5 heteroatoms. The molecule has 1 atom stereocenters. The minimum absolute atomic E-state index is 0.0134. The second-order valence-corrected chi connectivity index (χ2v) is 6.89. The van der Waals surface area contributed by atoms with Crippen LogP contribution in [0.5, 0.6) is 5.75 Å². The summed E-state index contributed by atoms with van der Waals surface area (Å²) >= 11 is 0. The Balaban J connectivity index is 2.04. The molecule has 2 amide bonds. The molecule has 1 heterocycles. The summed E-state index contributed by atoms with van der Waals surface area (Å²) in [5.74, 6) is 1.28. The van der Waals surface area contributed by atoms with Crippen molar-refractivity contribution in [3.05, 3.63) is 29.8 Å². The molecule has 1 saturated heterocycles. The van der Waals surface area contributed by atoms with Crippen molar-refractivity contribution in [3.63, 3.8) is 0 Å². The van der Waals surface area contributed by atoms with Gasteiger partial charge in [-0.2, -0.15) is 0 Å². The number of hydrogen-bond acceptors (Lipinski definition) is 3. The minimum Gasteiger partial charge on any atom is -0.491 e. The van der Waals surface area contributed by atoms with Crippen molar-refractivity contribution in [2.75, 3.05) is 26.2 Å². The maximum absolute atomic E-state index is 12.7. The molecule has 138 valence electrons. The van der Waals surface area contributed by atoms with Gasteiger partial charge in [0.1, 0.15) is 18.4 Å². The zero-order valence-electron chi connectivity index (χ0n) is 15.8. The maximum Gasteiger partial charge on any atom is 0.245 e. The number of carbonyl (C=O) groups is 2. The van der Waals surface area contributed by atoms with E-state index in [1.54, 1.807) is 9.80 Å². The first-order valence-electron chi connectivity index (χ1n) is 9.26. The topological polar surface area (TPSA) is 49.9 Å². The number of nitrogens with zero attached hydrogens (tertiary/aromatic N) is 2. The van der Waals surface area contributed by atoms with Crippen LogP contribution in [-0.4, -0.2) is 53.9 Å². The SMILES string of the molecule is CCc1ccccc1OCCN1C(=O)CN(CC)C(=O)[C@@H]1CC(C)C. The average Bonchev–Trinajstić information content (AvgIpc) is 2.60. The Kier molecular flexibility index (Phi) is 6.85. The van der Waals surface area contributed by atoms with E-state index in [9.17, 15) is 9.59 Å². The standard InChI is InChI=1S/C20H30N2O3/c1-5-16-9-7-8-10-18(16)25-12-11-22-17(13-15(3)4)20(24)21(6-2)14-19(22)23/h7-10,15,17H,5-6,11-14H2,1-4H3/t17-/m0/s1. The Morgan fingerprint density at radius 3 is 2.56 bits per heavy atom. The van der Waals surface area contributed by atoms with E-state index in [1.807, 2.05) is 31.2 Å². The van der Waals surface area contributed by atoms with Crippen LogP contribution in [0.2, 0.25) is 0 Å². The van der Waals surface area contributed by atoms with Crippen LogP contribution in [0, 0.1) is 5.92 Å². The summed E-state index contributed by atoms with van der Waals surface area (Å²) in [5.41, 5.74) is 1.15. The fraction of sp³-hybridized carbons (Fsp3) is 0.600. The molecule has 1 aromatic carbocycles. The third kappa shape index (κ3) is 4.74. The lowest BCUT2D eigenvalue weighted by Crippen LogP contribution is -2.60. The van der Waals surface area contributed by atoms with Gasteiger partial charge in [-0.05, 0) is 37.3 Å². The zero-order valence-corrected chi connectivity index (χ0v) is 15.8. The number of hydrogen-bond donors (Lipinski definition) is 0. The van der Waals surface area contributed by atoms with Gasteiger partial charge in [0, 0.05) is 6.54 Å². The predicted molar refractivity (Wildman–Crippen MR) is 98.5 cm³/mol. The smallest absolute Gasteiger partial charge is 0.245 e. The Morgan fingerprint density at radius 2 is 1.92 bits per heavy atom. The van der Waals surface area contributed by atoms with Crippen LogP contribution < -0.4 is 4.74 Å². The van der Waals surface area contributed by atoms with Gasteiger partial charge in [-0.25, -0.2) is 0 Å². The zero-order chi connectivity index (χ0) is 18.4. The highest BCUT2D eigenvalue weighted by molar-refractivity contribution is 5.94. The summed E-state index contributed by atoms with van der Waals surface area (Å²) in [4.78, 5) is 28.6. The number of ether oxygens (including phenoxy) is 1. The second kappa shape index (κ2) is 8.88. The summed E-state index contributed by atoms with van der Waals surface area (Å²) in [5, 5.41) is 0. The first-order chi connectivity index (χ1) is 12.0. The third-order valence-corrected chi connectivity index (χ3v) is 4.64. The molecule has 5 nitrogen and oxygen atoms in total. The Labute approximate surface area is 150 Å². The quantitative estimate of drug-likeness (QED) is 0.727. The van der Waals surface area contributed by atoms with E-state index >= 15 is 0 Å². The normalized spacial score (nSPS) is 18.2. The van der Waals surface area contributed by atoms with Gasteiger partial charge in [-0.15, -0.1) is 0 Å². The largest absolute Gasteiger partial charge is 0.491 e. The maximum atomic E-state index is 12.7. The first-order valence-corrected chi connectivity index (χ1v) is 9.26. The molecule has 1 aromatic rings. The summed E-state index contributed by atoms with van der Waals surface area (Å²) < 4.78 is 5.90. The molecule has 1 fully saturated rings. The monoisotopic (exact) mass is 346 g/mol. The summed E-state index contributed by atoms with van der Waals surface area (Å²) in [6.07, 6.45) is 1.59. The fourth-order valence-electron chi connectivity index (χ4n) is 3.26. The molecule has 0 radical (unpaired) electrons. The van der Waals surface area contributed by atoms with Crippen LogP contribution in [0.3, 0.4) is 0 Å². The Hall–Kier alpha value is -2.04. The van der Waals surface area contributed by atoms with Crippen LogP contribution in [0.15, 0.2) is 24.3 Å².